The van der Waals surface area contributed by atoms with Crippen LogP contribution in [0.3, 0.4) is 0 Å². The average molecular weight is 427 g/mol. The lowest BCUT2D eigenvalue weighted by atomic mass is 9.98. The number of unbranched alkanes of at least 4 members (excludes halogenated alkanes) is 2. The minimum atomic E-state index is -1.36. The van der Waals surface area contributed by atoms with Crippen LogP contribution < -0.4 is 0 Å². The van der Waals surface area contributed by atoms with Gasteiger partial charge < -0.3 is 24.4 Å². The first-order valence-electron chi connectivity index (χ1n) is 10.4. The molecule has 0 bridgehead atoms. The van der Waals surface area contributed by atoms with Gasteiger partial charge in [0, 0.05) is 20.0 Å². The zero-order valence-corrected chi connectivity index (χ0v) is 18.3. The predicted octanol–water partition coefficient (Wildman–Crippen LogP) is 4.31. The zero-order valence-electron chi connectivity index (χ0n) is 18.3. The Labute approximate surface area is 178 Å². The van der Waals surface area contributed by atoms with Crippen molar-refractivity contribution < 1.29 is 38.7 Å². The van der Waals surface area contributed by atoms with E-state index in [1.165, 1.54) is 12.1 Å². The van der Waals surface area contributed by atoms with Crippen molar-refractivity contribution in [3.05, 3.63) is 34.9 Å². The highest BCUT2D eigenvalue weighted by molar-refractivity contribution is 6.02. The molecule has 1 atom stereocenters. The fraction of sp³-hybridized carbons (Fsp3) is 0.636. The summed E-state index contributed by atoms with van der Waals surface area (Å²) in [6, 6.07) is 4.32. The molecule has 0 aliphatic carbocycles. The van der Waals surface area contributed by atoms with Crippen molar-refractivity contribution in [2.24, 2.45) is 0 Å². The number of hydrogen-bond acceptors (Lipinski definition) is 6. The van der Waals surface area contributed by atoms with Crippen LogP contribution in [0.15, 0.2) is 18.2 Å². The van der Waals surface area contributed by atoms with E-state index in [1.807, 2.05) is 13.8 Å². The van der Waals surface area contributed by atoms with Crippen molar-refractivity contribution in [1.82, 2.24) is 0 Å². The van der Waals surface area contributed by atoms with Crippen molar-refractivity contribution >= 4 is 11.9 Å². The molecule has 0 aliphatic rings. The van der Waals surface area contributed by atoms with E-state index in [1.54, 1.807) is 19.9 Å². The summed E-state index contributed by atoms with van der Waals surface area (Å²) in [5.41, 5.74) is -0.263. The molecule has 8 heteroatoms. The highest BCUT2D eigenvalue weighted by Gasteiger charge is 2.32. The van der Waals surface area contributed by atoms with Crippen LogP contribution >= 0.6 is 0 Å². The van der Waals surface area contributed by atoms with E-state index in [4.69, 9.17) is 18.9 Å². The van der Waals surface area contributed by atoms with Gasteiger partial charge in [0.05, 0.1) is 24.3 Å². The van der Waals surface area contributed by atoms with Crippen LogP contribution in [0, 0.1) is 0 Å². The van der Waals surface area contributed by atoms with Gasteiger partial charge in [0.25, 0.3) is 5.97 Å². The number of hydrogen-bond donors (Lipinski definition) is 2. The summed E-state index contributed by atoms with van der Waals surface area (Å²) < 4.78 is 23.3. The van der Waals surface area contributed by atoms with Gasteiger partial charge in [-0.05, 0) is 31.4 Å². The maximum Gasteiger partial charge on any atom is 0.336 e. The van der Waals surface area contributed by atoms with E-state index in [0.29, 0.717) is 25.4 Å². The fourth-order valence-corrected chi connectivity index (χ4v) is 2.85. The minimum absolute atomic E-state index is 0.0282. The molecule has 1 rings (SSSR count). The van der Waals surface area contributed by atoms with Crippen molar-refractivity contribution in [2.75, 3.05) is 19.8 Å². The summed E-state index contributed by atoms with van der Waals surface area (Å²) in [5.74, 6) is -3.99. The van der Waals surface area contributed by atoms with E-state index in [2.05, 4.69) is 0 Å². The summed E-state index contributed by atoms with van der Waals surface area (Å²) in [7, 11) is 0. The van der Waals surface area contributed by atoms with Gasteiger partial charge in [0.1, 0.15) is 0 Å². The van der Waals surface area contributed by atoms with Crippen LogP contribution in [0.1, 0.15) is 79.7 Å². The molecule has 0 heterocycles. The highest BCUT2D eigenvalue weighted by atomic mass is 16.9. The van der Waals surface area contributed by atoms with Gasteiger partial charge >= 0.3 is 11.9 Å². The van der Waals surface area contributed by atoms with Crippen LogP contribution in [0.4, 0.5) is 0 Å². The van der Waals surface area contributed by atoms with Gasteiger partial charge in [0.2, 0.25) is 0 Å². The highest BCUT2D eigenvalue weighted by Crippen LogP contribution is 2.24. The summed E-state index contributed by atoms with van der Waals surface area (Å²) in [6.45, 7) is 8.73. The van der Waals surface area contributed by atoms with Gasteiger partial charge in [-0.3, -0.25) is 4.74 Å². The third kappa shape index (κ3) is 8.39. The van der Waals surface area contributed by atoms with E-state index in [-0.39, 0.29) is 17.5 Å². The summed E-state index contributed by atoms with van der Waals surface area (Å²) in [4.78, 5) is 23.2. The molecule has 0 aliphatic heterocycles. The second kappa shape index (κ2) is 13.3. The van der Waals surface area contributed by atoms with E-state index in [9.17, 15) is 19.8 Å². The van der Waals surface area contributed by atoms with Crippen molar-refractivity contribution in [3.63, 3.8) is 0 Å². The van der Waals surface area contributed by atoms with Gasteiger partial charge in [-0.25, -0.2) is 9.59 Å². The van der Waals surface area contributed by atoms with Crippen LogP contribution in [0.25, 0.3) is 0 Å². The van der Waals surface area contributed by atoms with Crippen molar-refractivity contribution in [2.45, 2.75) is 72.1 Å². The molecule has 8 nitrogen and oxygen atoms in total. The lowest BCUT2D eigenvalue weighted by Gasteiger charge is -2.33. The summed E-state index contributed by atoms with van der Waals surface area (Å²) in [5, 5.41) is 18.9. The van der Waals surface area contributed by atoms with Gasteiger partial charge in [-0.1, -0.05) is 38.8 Å². The van der Waals surface area contributed by atoms with Crippen LogP contribution in [-0.4, -0.2) is 54.2 Å². The molecule has 0 radical (unpaired) electrons. The molecule has 170 valence electrons. The number of carboxylic acids is 2. The number of ether oxygens (including phenoxy) is 4. The lowest BCUT2D eigenvalue weighted by molar-refractivity contribution is -0.409. The average Bonchev–Trinajstić information content (AvgIpc) is 2.68. The predicted molar refractivity (Wildman–Crippen MR) is 111 cm³/mol. The summed E-state index contributed by atoms with van der Waals surface area (Å²) >= 11 is 0. The number of aromatic carboxylic acids is 2. The molecule has 30 heavy (non-hydrogen) atoms. The number of benzene rings is 1. The molecule has 0 amide bonds. The molecule has 0 fully saturated rings. The second-order valence-corrected chi connectivity index (χ2v) is 6.92. The Morgan fingerprint density at radius 3 is 2.07 bits per heavy atom. The topological polar surface area (TPSA) is 112 Å². The monoisotopic (exact) mass is 426 g/mol. The third-order valence-corrected chi connectivity index (χ3v) is 4.40. The smallest absolute Gasteiger partial charge is 0.336 e. The standard InChI is InChI=1S/C22H34O8/c1-5-8-13-28-22(4,29-14-9-6-2)30-18(27-7-3)15-16-11-10-12-17(20(23)24)19(16)21(25)26/h10-12,18H,5-9,13-15H2,1-4H3,(H,23,24)(H,25,26). The Balaban J connectivity index is 3.10. The second-order valence-electron chi connectivity index (χ2n) is 6.92. The third-order valence-electron chi connectivity index (χ3n) is 4.40. The Morgan fingerprint density at radius 1 is 1.00 bits per heavy atom. The van der Waals surface area contributed by atoms with E-state index < -0.39 is 24.2 Å². The quantitative estimate of drug-likeness (QED) is 0.297. The number of carbonyl (C=O) groups is 2. The number of carboxylic acid groups (broad SMARTS) is 2. The minimum Gasteiger partial charge on any atom is -0.478 e. The molecular formula is C22H34O8. The molecule has 0 spiro atoms. The van der Waals surface area contributed by atoms with Gasteiger partial charge in [0.15, 0.2) is 6.29 Å². The normalized spacial score (nSPS) is 12.7. The maximum absolute atomic E-state index is 11.7. The molecule has 1 aromatic carbocycles. The Morgan fingerprint density at radius 2 is 1.60 bits per heavy atom. The van der Waals surface area contributed by atoms with Crippen LogP contribution in [-0.2, 0) is 25.4 Å². The molecule has 1 unspecified atom stereocenters. The molecule has 1 aromatic rings. The molecule has 0 saturated carbocycles. The SMILES string of the molecule is CCCCOC(C)(OCCCC)OC(Cc1cccc(C(=O)O)c1C(=O)O)OCC. The first-order valence-corrected chi connectivity index (χ1v) is 10.4. The largest absolute Gasteiger partial charge is 0.478 e. The van der Waals surface area contributed by atoms with E-state index in [0.717, 1.165) is 25.7 Å². The molecular weight excluding hydrogens is 392 g/mol. The zero-order chi connectivity index (χ0) is 22.6. The molecule has 0 aromatic heterocycles. The van der Waals surface area contributed by atoms with Crippen LogP contribution in [0.5, 0.6) is 0 Å². The van der Waals surface area contributed by atoms with Crippen molar-refractivity contribution in [3.8, 4) is 0 Å². The Kier molecular flexibility index (Phi) is 11.6. The molecule has 2 N–H and O–H groups in total. The summed E-state index contributed by atoms with van der Waals surface area (Å²) in [6.07, 6.45) is 2.71. The lowest BCUT2D eigenvalue weighted by Crippen LogP contribution is -2.42. The Bertz CT molecular complexity index is 663. The first kappa shape index (κ1) is 26.0. The number of rotatable bonds is 16. The van der Waals surface area contributed by atoms with Crippen molar-refractivity contribution in [1.29, 1.82) is 0 Å². The maximum atomic E-state index is 11.7. The van der Waals surface area contributed by atoms with Gasteiger partial charge in [-0.2, -0.15) is 0 Å². The van der Waals surface area contributed by atoms with Gasteiger partial charge in [-0.15, -0.1) is 0 Å². The van der Waals surface area contributed by atoms with E-state index >= 15 is 0 Å². The Hall–Kier alpha value is -2.00. The molecule has 0 saturated heterocycles. The fourth-order valence-electron chi connectivity index (χ4n) is 2.85. The first-order chi connectivity index (χ1) is 14.3. The van der Waals surface area contributed by atoms with Crippen LogP contribution in [0.2, 0.25) is 0 Å².